The molecule has 0 bridgehead atoms. The van der Waals surface area contributed by atoms with E-state index in [1.807, 2.05) is 26.0 Å². The van der Waals surface area contributed by atoms with Gasteiger partial charge in [0.1, 0.15) is 0 Å². The molecule has 0 aliphatic carbocycles. The zero-order chi connectivity index (χ0) is 35.2. The van der Waals surface area contributed by atoms with E-state index in [4.69, 9.17) is 16.0 Å². The summed E-state index contributed by atoms with van der Waals surface area (Å²) in [5, 5.41) is 1.87. The molecule has 0 aromatic heterocycles. The highest BCUT2D eigenvalue weighted by atomic mass is 35.5. The maximum atomic E-state index is 13.8. The number of sulfone groups is 1. The van der Waals surface area contributed by atoms with Crippen LogP contribution in [0.2, 0.25) is 5.04 Å². The fraction of sp³-hybridized carbons (Fsp3) is 0.381. The van der Waals surface area contributed by atoms with Crippen molar-refractivity contribution < 1.29 is 12.8 Å². The Morgan fingerprint density at radius 2 is 1.19 bits per heavy atom. The van der Waals surface area contributed by atoms with Crippen LogP contribution in [0.25, 0.3) is 0 Å². The van der Waals surface area contributed by atoms with Gasteiger partial charge in [-0.15, -0.1) is 11.6 Å². The summed E-state index contributed by atoms with van der Waals surface area (Å²) in [4.78, 5) is 0.365. The van der Waals surface area contributed by atoms with E-state index in [1.165, 1.54) is 15.9 Å². The second-order valence-corrected chi connectivity index (χ2v) is 20.7. The van der Waals surface area contributed by atoms with Gasteiger partial charge in [-0.1, -0.05) is 146 Å². The SMILES string of the molecule is C/C(=C/CC/C(C)=C\C(C/C(C)=C\CC/C(C)=C\CO[Si](c1ccccc1)(c1ccccc1)C(C)(C)C)S(=O)(=O)c1ccccc1)CCl. The summed E-state index contributed by atoms with van der Waals surface area (Å²) < 4.78 is 34.6. The molecule has 1 atom stereocenters. The zero-order valence-electron chi connectivity index (χ0n) is 30.0. The molecule has 0 N–H and O–H groups in total. The normalized spacial score (nSPS) is 14.7. The van der Waals surface area contributed by atoms with Gasteiger partial charge in [-0.05, 0) is 87.3 Å². The van der Waals surface area contributed by atoms with Crippen LogP contribution in [-0.4, -0.2) is 34.5 Å². The number of halogens is 1. The molecule has 48 heavy (non-hydrogen) atoms. The number of alkyl halides is 1. The maximum Gasteiger partial charge on any atom is 0.261 e. The first-order valence-electron chi connectivity index (χ1n) is 17.1. The number of benzene rings is 3. The highest BCUT2D eigenvalue weighted by Crippen LogP contribution is 2.36. The Hall–Kier alpha value is -2.96. The maximum absolute atomic E-state index is 13.8. The Balaban J connectivity index is 1.74. The summed E-state index contributed by atoms with van der Waals surface area (Å²) in [6, 6.07) is 30.3. The van der Waals surface area contributed by atoms with Crippen molar-refractivity contribution in [2.45, 2.75) is 95.8 Å². The Bertz CT molecular complexity index is 1610. The lowest BCUT2D eigenvalue weighted by Gasteiger charge is -2.42. The number of allylic oxidation sites excluding steroid dienone is 6. The molecule has 0 spiro atoms. The topological polar surface area (TPSA) is 43.4 Å². The molecule has 3 nitrogen and oxygen atoms in total. The van der Waals surface area contributed by atoms with E-state index in [9.17, 15) is 8.42 Å². The molecule has 0 radical (unpaired) electrons. The molecule has 0 aliphatic heterocycles. The molecular formula is C42H55ClO3SSi. The molecule has 6 heteroatoms. The van der Waals surface area contributed by atoms with Crippen LogP contribution in [0.1, 0.15) is 80.6 Å². The molecule has 3 rings (SSSR count). The Morgan fingerprint density at radius 1 is 0.708 bits per heavy atom. The van der Waals surface area contributed by atoms with Crippen molar-refractivity contribution in [2.75, 3.05) is 12.5 Å². The van der Waals surface area contributed by atoms with Crippen LogP contribution in [0.5, 0.6) is 0 Å². The van der Waals surface area contributed by atoms with Crippen LogP contribution >= 0.6 is 11.6 Å². The lowest BCUT2D eigenvalue weighted by molar-refractivity contribution is 0.338. The number of hydrogen-bond donors (Lipinski definition) is 0. The monoisotopic (exact) mass is 702 g/mol. The van der Waals surface area contributed by atoms with Gasteiger partial charge in [0, 0.05) is 5.88 Å². The second kappa shape index (κ2) is 18.7. The Labute approximate surface area is 297 Å². The van der Waals surface area contributed by atoms with E-state index in [0.29, 0.717) is 23.8 Å². The zero-order valence-corrected chi connectivity index (χ0v) is 32.6. The van der Waals surface area contributed by atoms with Crippen molar-refractivity contribution in [2.24, 2.45) is 0 Å². The molecule has 1 unspecified atom stereocenters. The summed E-state index contributed by atoms with van der Waals surface area (Å²) in [7, 11) is -6.13. The van der Waals surface area contributed by atoms with E-state index in [0.717, 1.165) is 42.4 Å². The highest BCUT2D eigenvalue weighted by Gasteiger charge is 2.49. The summed E-state index contributed by atoms with van der Waals surface area (Å²) in [6.07, 6.45) is 12.3. The lowest BCUT2D eigenvalue weighted by Crippen LogP contribution is -2.66. The van der Waals surface area contributed by atoms with E-state index in [2.05, 4.69) is 114 Å². The second-order valence-electron chi connectivity index (χ2n) is 14.0. The fourth-order valence-electron chi connectivity index (χ4n) is 6.16. The van der Waals surface area contributed by atoms with E-state index >= 15 is 0 Å². The van der Waals surface area contributed by atoms with Gasteiger partial charge in [0.15, 0.2) is 9.84 Å². The van der Waals surface area contributed by atoms with Crippen molar-refractivity contribution in [1.29, 1.82) is 0 Å². The van der Waals surface area contributed by atoms with E-state index in [-0.39, 0.29) is 5.04 Å². The Morgan fingerprint density at radius 3 is 1.69 bits per heavy atom. The third-order valence-electron chi connectivity index (χ3n) is 8.89. The largest absolute Gasteiger partial charge is 0.404 e. The van der Waals surface area contributed by atoms with Gasteiger partial charge >= 0.3 is 0 Å². The van der Waals surface area contributed by atoms with Crippen LogP contribution in [0.4, 0.5) is 0 Å². The molecular weight excluding hydrogens is 648 g/mol. The van der Waals surface area contributed by atoms with Gasteiger partial charge in [-0.2, -0.15) is 0 Å². The van der Waals surface area contributed by atoms with Gasteiger partial charge in [0.25, 0.3) is 8.32 Å². The van der Waals surface area contributed by atoms with Crippen LogP contribution < -0.4 is 10.4 Å². The first-order chi connectivity index (χ1) is 22.8. The van der Waals surface area contributed by atoms with E-state index in [1.54, 1.807) is 24.3 Å². The van der Waals surface area contributed by atoms with Gasteiger partial charge < -0.3 is 4.43 Å². The standard InChI is InChI=1S/C42H55ClO3SSi/c1-34(29-30-46-48(42(5,6)7,40-25-13-9-14-26-40)41-27-15-10-16-28-41)19-17-20-35(2)31-39(32-36(3)21-18-22-37(4)33-43)47(44,45)38-23-11-8-12-24-38/h8-16,20,22-29,32,39H,17-19,21,30-31,33H2,1-7H3/b34-29-,35-20-,36-32-,37-22-. The highest BCUT2D eigenvalue weighted by molar-refractivity contribution is 7.92. The van der Waals surface area contributed by atoms with Crippen molar-refractivity contribution in [1.82, 2.24) is 0 Å². The van der Waals surface area contributed by atoms with Crippen molar-refractivity contribution in [3.8, 4) is 0 Å². The average Bonchev–Trinajstić information content (AvgIpc) is 3.07. The third-order valence-corrected chi connectivity index (χ3v) is 16.3. The fourth-order valence-corrected chi connectivity index (χ4v) is 12.5. The third kappa shape index (κ3) is 11.0. The first kappa shape index (κ1) is 39.5. The predicted molar refractivity (Wildman–Crippen MR) is 210 cm³/mol. The number of rotatable bonds is 17. The molecule has 0 saturated heterocycles. The van der Waals surface area contributed by atoms with Gasteiger partial charge in [-0.3, -0.25) is 0 Å². The van der Waals surface area contributed by atoms with Gasteiger partial charge in [-0.25, -0.2) is 8.42 Å². The molecule has 258 valence electrons. The Kier molecular flexibility index (Phi) is 15.4. The van der Waals surface area contributed by atoms with Crippen molar-refractivity contribution >= 4 is 40.1 Å². The van der Waals surface area contributed by atoms with E-state index < -0.39 is 23.4 Å². The van der Waals surface area contributed by atoms with Crippen LogP contribution in [0, 0.1) is 0 Å². The minimum atomic E-state index is -3.54. The molecule has 0 amide bonds. The minimum Gasteiger partial charge on any atom is -0.404 e. The average molecular weight is 704 g/mol. The smallest absolute Gasteiger partial charge is 0.261 e. The summed E-state index contributed by atoms with van der Waals surface area (Å²) in [5.41, 5.74) is 4.56. The summed E-state index contributed by atoms with van der Waals surface area (Å²) in [6.45, 7) is 15.7. The van der Waals surface area contributed by atoms with Crippen LogP contribution in [-0.2, 0) is 14.3 Å². The van der Waals surface area contributed by atoms with Crippen molar-refractivity contribution in [3.63, 3.8) is 0 Å². The molecule has 0 heterocycles. The van der Waals surface area contributed by atoms with Crippen LogP contribution in [0.3, 0.4) is 0 Å². The molecule has 0 saturated carbocycles. The minimum absolute atomic E-state index is 0.0689. The van der Waals surface area contributed by atoms with Crippen LogP contribution in [0.15, 0.2) is 142 Å². The first-order valence-corrected chi connectivity index (χ1v) is 21.0. The van der Waals surface area contributed by atoms with Gasteiger partial charge in [0.05, 0.1) is 16.8 Å². The summed E-state index contributed by atoms with van der Waals surface area (Å²) >= 11 is 5.93. The predicted octanol–water partition coefficient (Wildman–Crippen LogP) is 10.4. The molecule has 3 aromatic rings. The molecule has 3 aromatic carbocycles. The summed E-state index contributed by atoms with van der Waals surface area (Å²) in [5.74, 6) is 0.514. The molecule has 0 aliphatic rings. The number of hydrogen-bond acceptors (Lipinski definition) is 3. The van der Waals surface area contributed by atoms with Gasteiger partial charge in [0.2, 0.25) is 0 Å². The molecule has 0 fully saturated rings. The van der Waals surface area contributed by atoms with Crippen molar-refractivity contribution in [3.05, 3.63) is 138 Å². The lowest BCUT2D eigenvalue weighted by atomic mass is 10.0. The quantitative estimate of drug-likeness (QED) is 0.0799.